The van der Waals surface area contributed by atoms with E-state index in [-0.39, 0.29) is 11.8 Å². The van der Waals surface area contributed by atoms with Crippen LogP contribution in [0.4, 0.5) is 0 Å². The van der Waals surface area contributed by atoms with Crippen molar-refractivity contribution in [3.8, 4) is 11.4 Å². The minimum atomic E-state index is -0.0482. The molecule has 0 aliphatic carbocycles. The number of hydrogen-bond donors (Lipinski definition) is 0. The van der Waals surface area contributed by atoms with Gasteiger partial charge >= 0.3 is 0 Å². The Kier molecular flexibility index (Phi) is 4.94. The van der Waals surface area contributed by atoms with Crippen LogP contribution in [0.5, 0.6) is 0 Å². The lowest BCUT2D eigenvalue weighted by molar-refractivity contribution is -0.127. The van der Waals surface area contributed by atoms with Gasteiger partial charge in [-0.2, -0.15) is 4.98 Å². The van der Waals surface area contributed by atoms with Gasteiger partial charge in [-0.25, -0.2) is 0 Å². The summed E-state index contributed by atoms with van der Waals surface area (Å²) in [6.07, 6.45) is 1.21. The molecule has 138 valence electrons. The van der Waals surface area contributed by atoms with Crippen molar-refractivity contribution in [2.75, 3.05) is 13.1 Å². The van der Waals surface area contributed by atoms with E-state index in [1.807, 2.05) is 60.4 Å². The Morgan fingerprint density at radius 2 is 1.96 bits per heavy atom. The number of nitrogens with zero attached hydrogens (tertiary/aromatic N) is 3. The third kappa shape index (κ3) is 3.88. The average molecular weight is 382 g/mol. The molecule has 4 rings (SSSR count). The van der Waals surface area contributed by atoms with Gasteiger partial charge in [-0.15, -0.1) is 0 Å². The molecule has 0 spiro atoms. The van der Waals surface area contributed by atoms with Crippen molar-refractivity contribution in [2.24, 2.45) is 0 Å². The number of aromatic nitrogens is 2. The highest BCUT2D eigenvalue weighted by Gasteiger charge is 2.34. The first kappa shape index (κ1) is 17.7. The van der Waals surface area contributed by atoms with Gasteiger partial charge < -0.3 is 9.42 Å². The number of carbonyl (C=O) groups excluding carboxylic acids is 1. The first-order chi connectivity index (χ1) is 13.1. The maximum Gasteiger partial charge on any atom is 0.232 e. The van der Waals surface area contributed by atoms with Crippen molar-refractivity contribution in [3.05, 3.63) is 70.6 Å². The molecule has 0 radical (unpaired) electrons. The van der Waals surface area contributed by atoms with Crippen LogP contribution < -0.4 is 0 Å². The van der Waals surface area contributed by atoms with E-state index in [4.69, 9.17) is 16.1 Å². The fraction of sp³-hybridized carbons (Fsp3) is 0.286. The Morgan fingerprint density at radius 3 is 2.74 bits per heavy atom. The molecule has 3 aromatic rings. The van der Waals surface area contributed by atoms with Gasteiger partial charge in [0.15, 0.2) is 0 Å². The first-order valence-electron chi connectivity index (χ1n) is 9.02. The molecular formula is C21H20ClN3O2. The van der Waals surface area contributed by atoms with Crippen LogP contribution in [-0.4, -0.2) is 34.0 Å². The van der Waals surface area contributed by atoms with Gasteiger partial charge in [0.1, 0.15) is 0 Å². The van der Waals surface area contributed by atoms with E-state index in [1.54, 1.807) is 0 Å². The van der Waals surface area contributed by atoms with Crippen molar-refractivity contribution in [2.45, 2.75) is 25.7 Å². The van der Waals surface area contributed by atoms with Gasteiger partial charge in [0, 0.05) is 30.1 Å². The predicted octanol–water partition coefficient (Wildman–Crippen LogP) is 4.26. The number of benzene rings is 2. The molecule has 6 heteroatoms. The van der Waals surface area contributed by atoms with Gasteiger partial charge in [0.2, 0.25) is 17.6 Å². The quantitative estimate of drug-likeness (QED) is 0.662. The van der Waals surface area contributed by atoms with Crippen LogP contribution >= 0.6 is 11.6 Å². The van der Waals surface area contributed by atoms with Crippen molar-refractivity contribution in [3.63, 3.8) is 0 Å². The summed E-state index contributed by atoms with van der Waals surface area (Å²) >= 11 is 5.92. The molecule has 2 heterocycles. The van der Waals surface area contributed by atoms with Crippen LogP contribution in [0.3, 0.4) is 0 Å². The van der Waals surface area contributed by atoms with Crippen molar-refractivity contribution >= 4 is 17.5 Å². The number of aryl methyl sites for hydroxylation is 1. The Labute approximate surface area is 163 Å². The molecule has 1 aromatic heterocycles. The maximum absolute atomic E-state index is 12.4. The van der Waals surface area contributed by atoms with Crippen molar-refractivity contribution in [1.82, 2.24) is 15.0 Å². The Morgan fingerprint density at radius 1 is 1.19 bits per heavy atom. The summed E-state index contributed by atoms with van der Waals surface area (Å²) in [5.41, 5.74) is 3.21. The summed E-state index contributed by atoms with van der Waals surface area (Å²) in [5, 5.41) is 4.83. The molecule has 0 bridgehead atoms. The number of carbonyl (C=O) groups is 1. The molecule has 0 N–H and O–H groups in total. The number of hydrogen-bond acceptors (Lipinski definition) is 4. The van der Waals surface area contributed by atoms with E-state index in [9.17, 15) is 4.79 Å². The zero-order valence-corrected chi connectivity index (χ0v) is 15.8. The van der Waals surface area contributed by atoms with Gasteiger partial charge in [-0.05, 0) is 36.6 Å². The molecule has 1 unspecified atom stereocenters. The fourth-order valence-electron chi connectivity index (χ4n) is 3.40. The number of halogens is 1. The molecule has 1 fully saturated rings. The predicted molar refractivity (Wildman–Crippen MR) is 104 cm³/mol. The monoisotopic (exact) mass is 381 g/mol. The Balaban J connectivity index is 1.42. The van der Waals surface area contributed by atoms with Gasteiger partial charge in [-0.1, -0.05) is 53.2 Å². The van der Waals surface area contributed by atoms with Gasteiger partial charge in [0.25, 0.3) is 0 Å². The number of amides is 1. The zero-order valence-electron chi connectivity index (χ0n) is 15.1. The van der Waals surface area contributed by atoms with E-state index in [0.29, 0.717) is 31.2 Å². The van der Waals surface area contributed by atoms with Crippen LogP contribution in [0, 0.1) is 6.92 Å². The lowest BCUT2D eigenvalue weighted by Gasteiger charge is -2.15. The molecule has 1 aliphatic rings. The number of rotatable bonds is 5. The normalized spacial score (nSPS) is 16.9. The molecule has 2 aromatic carbocycles. The summed E-state index contributed by atoms with van der Waals surface area (Å²) in [5.74, 6) is 1.20. The Hall–Kier alpha value is -2.66. The Bertz CT molecular complexity index is 952. The maximum atomic E-state index is 12.4. The highest BCUT2D eigenvalue weighted by molar-refractivity contribution is 6.30. The third-order valence-electron chi connectivity index (χ3n) is 4.98. The molecule has 1 amide bonds. The zero-order chi connectivity index (χ0) is 18.8. The molecule has 1 aliphatic heterocycles. The summed E-state index contributed by atoms with van der Waals surface area (Å²) in [4.78, 5) is 18.8. The summed E-state index contributed by atoms with van der Waals surface area (Å²) < 4.78 is 5.48. The second kappa shape index (κ2) is 7.53. The summed E-state index contributed by atoms with van der Waals surface area (Å²) in [6, 6.07) is 15.7. The SMILES string of the molecule is Cc1ccccc1-c1noc(C2CC(=O)N(CCc3ccc(Cl)cc3)C2)n1. The molecule has 27 heavy (non-hydrogen) atoms. The molecule has 1 atom stereocenters. The first-order valence-corrected chi connectivity index (χ1v) is 9.40. The lowest BCUT2D eigenvalue weighted by atomic mass is 10.1. The van der Waals surface area contributed by atoms with E-state index in [0.717, 1.165) is 28.1 Å². The second-order valence-electron chi connectivity index (χ2n) is 6.89. The van der Waals surface area contributed by atoms with E-state index in [1.165, 1.54) is 0 Å². The van der Waals surface area contributed by atoms with E-state index >= 15 is 0 Å². The van der Waals surface area contributed by atoms with E-state index in [2.05, 4.69) is 10.1 Å². The van der Waals surface area contributed by atoms with Crippen molar-refractivity contribution in [1.29, 1.82) is 0 Å². The largest absolute Gasteiger partial charge is 0.342 e. The van der Waals surface area contributed by atoms with Crippen LogP contribution in [0.25, 0.3) is 11.4 Å². The standard InChI is InChI=1S/C21H20ClN3O2/c1-14-4-2-3-5-18(14)20-23-21(27-24-20)16-12-19(26)25(13-16)11-10-15-6-8-17(22)9-7-15/h2-9,16H,10-13H2,1H3. The van der Waals surface area contributed by atoms with Crippen molar-refractivity contribution < 1.29 is 9.32 Å². The average Bonchev–Trinajstić information content (AvgIpc) is 3.29. The second-order valence-corrected chi connectivity index (χ2v) is 7.32. The molecule has 0 saturated carbocycles. The lowest BCUT2D eigenvalue weighted by Crippen LogP contribution is -2.27. The molecule has 1 saturated heterocycles. The van der Waals surface area contributed by atoms with E-state index < -0.39 is 0 Å². The highest BCUT2D eigenvalue weighted by Crippen LogP contribution is 2.29. The molecule has 5 nitrogen and oxygen atoms in total. The van der Waals surface area contributed by atoms with Crippen LogP contribution in [0.1, 0.15) is 29.4 Å². The van der Waals surface area contributed by atoms with Crippen LogP contribution in [0.2, 0.25) is 5.02 Å². The smallest absolute Gasteiger partial charge is 0.232 e. The third-order valence-corrected chi connectivity index (χ3v) is 5.23. The van der Waals surface area contributed by atoms with Gasteiger partial charge in [-0.3, -0.25) is 4.79 Å². The van der Waals surface area contributed by atoms with Crippen LogP contribution in [0.15, 0.2) is 53.1 Å². The summed E-state index contributed by atoms with van der Waals surface area (Å²) in [6.45, 7) is 3.31. The van der Waals surface area contributed by atoms with Crippen LogP contribution in [-0.2, 0) is 11.2 Å². The van der Waals surface area contributed by atoms with Gasteiger partial charge in [0.05, 0.1) is 5.92 Å². The highest BCUT2D eigenvalue weighted by atomic mass is 35.5. The minimum Gasteiger partial charge on any atom is -0.342 e. The number of likely N-dealkylation sites (tertiary alicyclic amines) is 1. The topological polar surface area (TPSA) is 59.2 Å². The summed E-state index contributed by atoms with van der Waals surface area (Å²) in [7, 11) is 0. The minimum absolute atomic E-state index is 0.0482. The molecular weight excluding hydrogens is 362 g/mol. The fourth-order valence-corrected chi connectivity index (χ4v) is 3.53.